The third-order valence-corrected chi connectivity index (χ3v) is 4.43. The first-order valence-corrected chi connectivity index (χ1v) is 7.71. The molecule has 1 aliphatic rings. The molecule has 3 rings (SSSR count). The van der Waals surface area contributed by atoms with Gasteiger partial charge < -0.3 is 15.0 Å². The van der Waals surface area contributed by atoms with E-state index < -0.39 is 0 Å². The Morgan fingerprint density at radius 2 is 2.24 bits per heavy atom. The summed E-state index contributed by atoms with van der Waals surface area (Å²) in [6, 6.07) is 6.07. The number of fused-ring (bicyclic) bond motifs is 3. The zero-order chi connectivity index (χ0) is 15.0. The van der Waals surface area contributed by atoms with E-state index in [2.05, 4.69) is 17.6 Å². The summed E-state index contributed by atoms with van der Waals surface area (Å²) in [5, 5.41) is 1.20. The SMILES string of the molecule is CCOC(=O)C1CCc2c(c3cc(N)ccc3n2CC)C1. The van der Waals surface area contributed by atoms with Crippen LogP contribution in [0.25, 0.3) is 10.9 Å². The van der Waals surface area contributed by atoms with Crippen molar-refractivity contribution >= 4 is 22.6 Å². The van der Waals surface area contributed by atoms with E-state index in [1.807, 2.05) is 19.1 Å². The average molecular weight is 286 g/mol. The van der Waals surface area contributed by atoms with Crippen molar-refractivity contribution in [2.24, 2.45) is 5.92 Å². The highest BCUT2D eigenvalue weighted by molar-refractivity contribution is 5.89. The van der Waals surface area contributed by atoms with Gasteiger partial charge in [0.25, 0.3) is 0 Å². The first kappa shape index (κ1) is 14.0. The van der Waals surface area contributed by atoms with E-state index in [4.69, 9.17) is 10.5 Å². The Morgan fingerprint density at radius 3 is 2.95 bits per heavy atom. The van der Waals surface area contributed by atoms with Gasteiger partial charge in [0, 0.05) is 28.8 Å². The lowest BCUT2D eigenvalue weighted by molar-refractivity contribution is -0.148. The lowest BCUT2D eigenvalue weighted by atomic mass is 9.86. The number of carbonyl (C=O) groups excluding carboxylic acids is 1. The van der Waals surface area contributed by atoms with Crippen molar-refractivity contribution in [2.75, 3.05) is 12.3 Å². The van der Waals surface area contributed by atoms with Gasteiger partial charge in [-0.15, -0.1) is 0 Å². The highest BCUT2D eigenvalue weighted by Gasteiger charge is 2.29. The van der Waals surface area contributed by atoms with Crippen molar-refractivity contribution in [3.05, 3.63) is 29.5 Å². The maximum Gasteiger partial charge on any atom is 0.309 e. The van der Waals surface area contributed by atoms with E-state index >= 15 is 0 Å². The van der Waals surface area contributed by atoms with Gasteiger partial charge >= 0.3 is 5.97 Å². The highest BCUT2D eigenvalue weighted by atomic mass is 16.5. The van der Waals surface area contributed by atoms with Gasteiger partial charge in [0.05, 0.1) is 12.5 Å². The summed E-state index contributed by atoms with van der Waals surface area (Å²) >= 11 is 0. The summed E-state index contributed by atoms with van der Waals surface area (Å²) in [5.41, 5.74) is 10.6. The molecule has 2 N–H and O–H groups in total. The van der Waals surface area contributed by atoms with Crippen molar-refractivity contribution < 1.29 is 9.53 Å². The lowest BCUT2D eigenvalue weighted by Gasteiger charge is -2.22. The van der Waals surface area contributed by atoms with Crippen LogP contribution in [0, 0.1) is 5.92 Å². The second-order valence-electron chi connectivity index (χ2n) is 5.64. The molecule has 21 heavy (non-hydrogen) atoms. The maximum atomic E-state index is 12.0. The Labute approximate surface area is 124 Å². The molecule has 0 bridgehead atoms. The molecule has 1 heterocycles. The molecule has 1 atom stereocenters. The normalized spacial score (nSPS) is 17.7. The van der Waals surface area contributed by atoms with Crippen molar-refractivity contribution in [2.45, 2.75) is 39.7 Å². The Balaban J connectivity index is 2.06. The number of ether oxygens (including phenoxy) is 1. The van der Waals surface area contributed by atoms with E-state index in [0.717, 1.165) is 31.5 Å². The average Bonchev–Trinajstić information content (AvgIpc) is 2.79. The van der Waals surface area contributed by atoms with E-state index in [9.17, 15) is 4.79 Å². The lowest BCUT2D eigenvalue weighted by Crippen LogP contribution is -2.25. The Kier molecular flexibility index (Phi) is 3.62. The highest BCUT2D eigenvalue weighted by Crippen LogP contribution is 2.35. The number of anilines is 1. The largest absolute Gasteiger partial charge is 0.466 e. The molecule has 0 saturated heterocycles. The van der Waals surface area contributed by atoms with Crippen LogP contribution in [0.1, 0.15) is 31.5 Å². The van der Waals surface area contributed by atoms with Crippen LogP contribution in [-0.4, -0.2) is 17.1 Å². The van der Waals surface area contributed by atoms with E-state index in [-0.39, 0.29) is 11.9 Å². The quantitative estimate of drug-likeness (QED) is 0.697. The zero-order valence-electron chi connectivity index (χ0n) is 12.7. The van der Waals surface area contributed by atoms with Gasteiger partial charge in [-0.3, -0.25) is 4.79 Å². The number of nitrogen functional groups attached to an aromatic ring is 1. The molecule has 4 heteroatoms. The van der Waals surface area contributed by atoms with Gasteiger partial charge in [0.2, 0.25) is 0 Å². The third kappa shape index (κ3) is 2.28. The fourth-order valence-electron chi connectivity index (χ4n) is 3.49. The number of aromatic nitrogens is 1. The molecule has 2 aromatic rings. The number of nitrogens with two attached hydrogens (primary N) is 1. The molecular weight excluding hydrogens is 264 g/mol. The van der Waals surface area contributed by atoms with Crippen molar-refractivity contribution in [1.29, 1.82) is 0 Å². The number of nitrogens with zero attached hydrogens (tertiary/aromatic N) is 1. The summed E-state index contributed by atoms with van der Waals surface area (Å²) in [4.78, 5) is 12.0. The minimum absolute atomic E-state index is 0.0187. The Bertz CT molecular complexity index is 688. The van der Waals surface area contributed by atoms with Crippen LogP contribution in [0.2, 0.25) is 0 Å². The van der Waals surface area contributed by atoms with Crippen molar-refractivity contribution in [1.82, 2.24) is 4.57 Å². The van der Waals surface area contributed by atoms with E-state index in [1.165, 1.54) is 22.2 Å². The molecule has 1 aliphatic carbocycles. The first-order chi connectivity index (χ1) is 10.2. The van der Waals surface area contributed by atoms with Crippen molar-refractivity contribution in [3.8, 4) is 0 Å². The fourth-order valence-corrected chi connectivity index (χ4v) is 3.49. The molecule has 0 aliphatic heterocycles. The topological polar surface area (TPSA) is 57.2 Å². The summed E-state index contributed by atoms with van der Waals surface area (Å²) in [5.74, 6) is -0.0840. The van der Waals surface area contributed by atoms with Crippen LogP contribution < -0.4 is 5.73 Å². The van der Waals surface area contributed by atoms with Crippen LogP contribution in [0.15, 0.2) is 18.2 Å². The molecular formula is C17H22N2O2. The molecule has 0 amide bonds. The molecule has 112 valence electrons. The summed E-state index contributed by atoms with van der Waals surface area (Å²) in [6.45, 7) is 5.41. The number of benzene rings is 1. The van der Waals surface area contributed by atoms with Gasteiger partial charge in [-0.1, -0.05) is 0 Å². The van der Waals surface area contributed by atoms with Gasteiger partial charge in [-0.25, -0.2) is 0 Å². The van der Waals surface area contributed by atoms with E-state index in [0.29, 0.717) is 6.61 Å². The predicted molar refractivity (Wildman–Crippen MR) is 84.2 cm³/mol. The molecule has 0 saturated carbocycles. The van der Waals surface area contributed by atoms with Gasteiger partial charge in [0.1, 0.15) is 0 Å². The van der Waals surface area contributed by atoms with Crippen LogP contribution in [0.3, 0.4) is 0 Å². The zero-order valence-corrected chi connectivity index (χ0v) is 12.7. The van der Waals surface area contributed by atoms with Crippen LogP contribution in [-0.2, 0) is 28.9 Å². The maximum absolute atomic E-state index is 12.0. The summed E-state index contributed by atoms with van der Waals surface area (Å²) in [7, 11) is 0. The molecule has 1 unspecified atom stereocenters. The second kappa shape index (κ2) is 5.43. The summed E-state index contributed by atoms with van der Waals surface area (Å²) in [6.07, 6.45) is 2.57. The number of hydrogen-bond acceptors (Lipinski definition) is 3. The minimum atomic E-state index is -0.0653. The standard InChI is InChI=1S/C17H22N2O2/c1-3-19-15-7-5-11(17(20)21-4-2)9-13(15)14-10-12(18)6-8-16(14)19/h6,8,10-11H,3-5,7,9,18H2,1-2H3. The van der Waals surface area contributed by atoms with Crippen LogP contribution >= 0.6 is 0 Å². The molecule has 0 fully saturated rings. The number of hydrogen-bond donors (Lipinski definition) is 1. The van der Waals surface area contributed by atoms with Gasteiger partial charge in [-0.05, 0) is 56.9 Å². The number of aryl methyl sites for hydroxylation is 1. The first-order valence-electron chi connectivity index (χ1n) is 7.71. The monoisotopic (exact) mass is 286 g/mol. The van der Waals surface area contributed by atoms with E-state index in [1.54, 1.807) is 0 Å². The number of rotatable bonds is 3. The number of esters is 1. The van der Waals surface area contributed by atoms with Crippen LogP contribution in [0.5, 0.6) is 0 Å². The second-order valence-corrected chi connectivity index (χ2v) is 5.64. The Morgan fingerprint density at radius 1 is 1.43 bits per heavy atom. The minimum Gasteiger partial charge on any atom is -0.466 e. The molecule has 1 aromatic carbocycles. The molecule has 0 spiro atoms. The molecule has 1 aromatic heterocycles. The predicted octanol–water partition coefficient (Wildman–Crippen LogP) is 2.91. The number of carbonyl (C=O) groups is 1. The Hall–Kier alpha value is -1.97. The van der Waals surface area contributed by atoms with Crippen LogP contribution in [0.4, 0.5) is 5.69 Å². The fraction of sp³-hybridized carbons (Fsp3) is 0.471. The summed E-state index contributed by atoms with van der Waals surface area (Å²) < 4.78 is 7.55. The molecule has 4 nitrogen and oxygen atoms in total. The molecule has 0 radical (unpaired) electrons. The third-order valence-electron chi connectivity index (χ3n) is 4.43. The van der Waals surface area contributed by atoms with Gasteiger partial charge in [-0.2, -0.15) is 0 Å². The van der Waals surface area contributed by atoms with Crippen molar-refractivity contribution in [3.63, 3.8) is 0 Å². The smallest absolute Gasteiger partial charge is 0.309 e. The van der Waals surface area contributed by atoms with Gasteiger partial charge in [0.15, 0.2) is 0 Å².